The maximum absolute atomic E-state index is 4.80. The Morgan fingerprint density at radius 1 is 1.24 bits per heavy atom. The zero-order valence-corrected chi connectivity index (χ0v) is 18.8. The van der Waals surface area contributed by atoms with Crippen LogP contribution in [0.4, 0.5) is 0 Å². The Kier molecular flexibility index (Phi) is 5.18. The highest BCUT2D eigenvalue weighted by molar-refractivity contribution is 5.91. The van der Waals surface area contributed by atoms with Crippen molar-refractivity contribution in [1.29, 1.82) is 0 Å². The molecule has 33 heavy (non-hydrogen) atoms. The number of H-pyrrole nitrogens is 2. The van der Waals surface area contributed by atoms with Gasteiger partial charge < -0.3 is 4.98 Å². The second-order valence-corrected chi connectivity index (χ2v) is 7.88. The first kappa shape index (κ1) is 20.6. The number of aromatic nitrogens is 8. The van der Waals surface area contributed by atoms with Crippen LogP contribution >= 0.6 is 0 Å². The topological polar surface area (TPSA) is 101 Å². The minimum Gasteiger partial charge on any atom is -0.335 e. The average molecular weight is 437 g/mol. The molecule has 0 unspecified atom stereocenters. The van der Waals surface area contributed by atoms with E-state index in [4.69, 9.17) is 4.98 Å². The molecule has 8 nitrogen and oxygen atoms in total. The molecule has 0 atom stereocenters. The van der Waals surface area contributed by atoms with Crippen LogP contribution in [0.3, 0.4) is 0 Å². The molecule has 2 N–H and O–H groups in total. The summed E-state index contributed by atoms with van der Waals surface area (Å²) < 4.78 is 1.85. The number of aromatic amines is 2. The van der Waals surface area contributed by atoms with E-state index < -0.39 is 0 Å². The van der Waals surface area contributed by atoms with E-state index in [-0.39, 0.29) is 0 Å². The third-order valence-electron chi connectivity index (χ3n) is 5.62. The van der Waals surface area contributed by atoms with Crippen molar-refractivity contribution < 1.29 is 0 Å². The van der Waals surface area contributed by atoms with Crippen molar-refractivity contribution in [2.45, 2.75) is 20.3 Å². The Labute approximate surface area is 190 Å². The van der Waals surface area contributed by atoms with Gasteiger partial charge in [0.2, 0.25) is 0 Å². The van der Waals surface area contributed by atoms with Crippen LogP contribution in [0.25, 0.3) is 52.0 Å². The summed E-state index contributed by atoms with van der Waals surface area (Å²) in [5, 5.41) is 13.7. The highest BCUT2D eigenvalue weighted by atomic mass is 15.2. The van der Waals surface area contributed by atoms with Gasteiger partial charge in [-0.1, -0.05) is 25.6 Å². The maximum Gasteiger partial charge on any atom is 0.159 e. The molecule has 164 valence electrons. The smallest absolute Gasteiger partial charge is 0.159 e. The lowest BCUT2D eigenvalue weighted by Crippen LogP contribution is -2.21. The van der Waals surface area contributed by atoms with E-state index in [1.807, 2.05) is 42.2 Å². The zero-order valence-electron chi connectivity index (χ0n) is 18.8. The standard InChI is InChI=1S/C25H24N8/c1-5-19-18(14-33(4)32-19)15(2)9-10-20-16(3)23(31-30-20)25-28-22-13-26-12-17(24(22)29-25)21-8-6-7-11-27-21/h6-14,30H,3,5H2,1-2,4H3,(H,28,29)/b15-9+,20-10+. The van der Waals surface area contributed by atoms with Crippen molar-refractivity contribution in [3.63, 3.8) is 0 Å². The molecule has 5 heterocycles. The van der Waals surface area contributed by atoms with Gasteiger partial charge in [0.05, 0.1) is 28.5 Å². The van der Waals surface area contributed by atoms with Crippen LogP contribution in [0, 0.1) is 0 Å². The lowest BCUT2D eigenvalue weighted by molar-refractivity contribution is 0.746. The Morgan fingerprint density at radius 3 is 2.91 bits per heavy atom. The quantitative estimate of drug-likeness (QED) is 0.441. The number of pyridine rings is 2. The third-order valence-corrected chi connectivity index (χ3v) is 5.62. The van der Waals surface area contributed by atoms with Gasteiger partial charge in [-0.15, -0.1) is 0 Å². The zero-order chi connectivity index (χ0) is 22.9. The summed E-state index contributed by atoms with van der Waals surface area (Å²) in [7, 11) is 1.94. The van der Waals surface area contributed by atoms with E-state index in [0.717, 1.165) is 56.1 Å². The van der Waals surface area contributed by atoms with Gasteiger partial charge in [0.1, 0.15) is 11.2 Å². The first-order valence-electron chi connectivity index (χ1n) is 10.8. The molecule has 0 aliphatic heterocycles. The molecule has 0 saturated carbocycles. The fourth-order valence-corrected chi connectivity index (χ4v) is 3.89. The minimum absolute atomic E-state index is 0.636. The number of fused-ring (bicyclic) bond motifs is 1. The van der Waals surface area contributed by atoms with E-state index in [1.54, 1.807) is 18.6 Å². The second kappa shape index (κ2) is 8.31. The van der Waals surface area contributed by atoms with Gasteiger partial charge in [-0.2, -0.15) is 10.2 Å². The predicted octanol–water partition coefficient (Wildman–Crippen LogP) is 3.00. The number of nitrogens with one attached hydrogen (secondary N) is 2. The van der Waals surface area contributed by atoms with Crippen molar-refractivity contribution in [2.24, 2.45) is 7.05 Å². The van der Waals surface area contributed by atoms with Crippen molar-refractivity contribution in [3.8, 4) is 22.8 Å². The van der Waals surface area contributed by atoms with Gasteiger partial charge in [-0.05, 0) is 37.1 Å². The largest absolute Gasteiger partial charge is 0.335 e. The molecular formula is C25H24N8. The van der Waals surface area contributed by atoms with Crippen LogP contribution in [0.2, 0.25) is 0 Å². The van der Waals surface area contributed by atoms with Gasteiger partial charge >= 0.3 is 0 Å². The molecule has 0 aromatic carbocycles. The molecule has 5 aromatic rings. The van der Waals surface area contributed by atoms with E-state index in [9.17, 15) is 0 Å². The first-order valence-corrected chi connectivity index (χ1v) is 10.8. The molecule has 0 aliphatic carbocycles. The van der Waals surface area contributed by atoms with E-state index in [2.05, 4.69) is 56.8 Å². The number of nitrogens with zero attached hydrogens (tertiary/aromatic N) is 6. The molecule has 0 spiro atoms. The highest BCUT2D eigenvalue weighted by Gasteiger charge is 2.14. The SMILES string of the molecule is C=c1c(-c2nc3c(-c4ccccn4)cncc3[nH]2)n[nH]/c1=C/C=C(\C)c1cn(C)nc1CC. The molecule has 0 fully saturated rings. The van der Waals surface area contributed by atoms with Gasteiger partial charge in [-0.3, -0.25) is 19.7 Å². The van der Waals surface area contributed by atoms with Crippen LogP contribution in [0.5, 0.6) is 0 Å². The summed E-state index contributed by atoms with van der Waals surface area (Å²) in [6.45, 7) is 8.43. The number of imidazole rings is 1. The number of hydrogen-bond donors (Lipinski definition) is 2. The second-order valence-electron chi connectivity index (χ2n) is 7.88. The monoisotopic (exact) mass is 436 g/mol. The molecule has 5 aromatic heterocycles. The first-order chi connectivity index (χ1) is 16.0. The van der Waals surface area contributed by atoms with E-state index in [0.29, 0.717) is 11.5 Å². The number of rotatable bonds is 5. The number of hydrogen-bond acceptors (Lipinski definition) is 5. The number of aryl methyl sites for hydroxylation is 2. The normalized spacial score (nSPS) is 12.7. The Balaban J connectivity index is 1.54. The summed E-state index contributed by atoms with van der Waals surface area (Å²) in [5.74, 6) is 0.636. The van der Waals surface area contributed by atoms with Crippen molar-refractivity contribution in [1.82, 2.24) is 39.9 Å². The van der Waals surface area contributed by atoms with Gasteiger partial charge in [0.15, 0.2) is 5.82 Å². The van der Waals surface area contributed by atoms with Crippen LogP contribution < -0.4 is 10.6 Å². The minimum atomic E-state index is 0.636. The van der Waals surface area contributed by atoms with Crippen LogP contribution in [0.1, 0.15) is 25.1 Å². The maximum atomic E-state index is 4.80. The molecule has 8 heteroatoms. The fraction of sp³-hybridized carbons (Fsp3) is 0.160. The van der Waals surface area contributed by atoms with Crippen molar-refractivity contribution >= 4 is 29.3 Å². The molecular weight excluding hydrogens is 412 g/mol. The molecule has 0 amide bonds. The molecule has 0 aliphatic rings. The summed E-state index contributed by atoms with van der Waals surface area (Å²) in [5.41, 5.74) is 7.34. The van der Waals surface area contributed by atoms with Gasteiger partial charge in [0, 0.05) is 42.0 Å². The molecule has 5 rings (SSSR count). The van der Waals surface area contributed by atoms with E-state index >= 15 is 0 Å². The summed E-state index contributed by atoms with van der Waals surface area (Å²) in [6.07, 6.45) is 12.3. The van der Waals surface area contributed by atoms with Crippen LogP contribution in [-0.2, 0) is 13.5 Å². The van der Waals surface area contributed by atoms with Crippen LogP contribution in [-0.4, -0.2) is 39.9 Å². The molecule has 0 bridgehead atoms. The van der Waals surface area contributed by atoms with Gasteiger partial charge in [0.25, 0.3) is 0 Å². The third kappa shape index (κ3) is 3.76. The van der Waals surface area contributed by atoms with Crippen LogP contribution in [0.15, 0.2) is 49.1 Å². The van der Waals surface area contributed by atoms with E-state index in [1.165, 1.54) is 0 Å². The lowest BCUT2D eigenvalue weighted by Gasteiger charge is -1.99. The average Bonchev–Trinajstić information content (AvgIpc) is 3.53. The van der Waals surface area contributed by atoms with Crippen molar-refractivity contribution in [2.75, 3.05) is 0 Å². The van der Waals surface area contributed by atoms with Gasteiger partial charge in [-0.25, -0.2) is 4.98 Å². The summed E-state index contributed by atoms with van der Waals surface area (Å²) in [4.78, 5) is 16.9. The lowest BCUT2D eigenvalue weighted by atomic mass is 10.1. The molecule has 0 saturated heterocycles. The Morgan fingerprint density at radius 2 is 2.12 bits per heavy atom. The van der Waals surface area contributed by atoms with Crippen molar-refractivity contribution in [3.05, 3.63) is 70.9 Å². The Bertz CT molecular complexity index is 1580. The number of allylic oxidation sites excluding steroid dienone is 2. The fourth-order valence-electron chi connectivity index (χ4n) is 3.89. The Hall–Kier alpha value is -4.33. The summed E-state index contributed by atoms with van der Waals surface area (Å²) >= 11 is 0. The molecule has 0 radical (unpaired) electrons. The highest BCUT2D eigenvalue weighted by Crippen LogP contribution is 2.26. The predicted molar refractivity (Wildman–Crippen MR) is 130 cm³/mol. The summed E-state index contributed by atoms with van der Waals surface area (Å²) in [6, 6.07) is 5.78.